The minimum atomic E-state index is -3.89. The number of hydrogen-bond donors (Lipinski definition) is 3. The van der Waals surface area contributed by atoms with Gasteiger partial charge in [-0.05, 0) is 24.2 Å². The molecule has 0 aliphatic rings. The number of nitrogens with zero attached hydrogens (tertiary/aromatic N) is 1. The van der Waals surface area contributed by atoms with E-state index in [-0.39, 0.29) is 11.4 Å². The van der Waals surface area contributed by atoms with E-state index in [9.17, 15) is 12.8 Å². The molecular formula is C13H17FN4O2S. The zero-order chi connectivity index (χ0) is 15.3. The van der Waals surface area contributed by atoms with Crippen LogP contribution in [-0.2, 0) is 23.1 Å². The molecule has 0 saturated carbocycles. The summed E-state index contributed by atoms with van der Waals surface area (Å²) in [6.45, 7) is 3.25. The van der Waals surface area contributed by atoms with E-state index in [2.05, 4.69) is 20.2 Å². The van der Waals surface area contributed by atoms with Crippen LogP contribution in [0.2, 0.25) is 0 Å². The summed E-state index contributed by atoms with van der Waals surface area (Å²) in [6.07, 6.45) is 3.07. The van der Waals surface area contributed by atoms with Crippen molar-refractivity contribution in [1.82, 2.24) is 20.2 Å². The molecule has 0 atom stereocenters. The molecule has 2 rings (SSSR count). The summed E-state index contributed by atoms with van der Waals surface area (Å²) in [5.41, 5.74) is 1.37. The van der Waals surface area contributed by atoms with Crippen molar-refractivity contribution in [1.29, 1.82) is 0 Å². The molecule has 0 unspecified atom stereocenters. The largest absolute Gasteiger partial charge is 0.313 e. The SMILES string of the molecule is CCNCc1ccc(S(=O)(=O)NCc2cn[nH]c2)c(F)c1. The van der Waals surface area contributed by atoms with E-state index in [1.54, 1.807) is 12.3 Å². The minimum absolute atomic E-state index is 0.0530. The Hall–Kier alpha value is -1.77. The van der Waals surface area contributed by atoms with Crippen LogP contribution < -0.4 is 10.0 Å². The second kappa shape index (κ2) is 6.79. The monoisotopic (exact) mass is 312 g/mol. The molecule has 0 radical (unpaired) electrons. The first kappa shape index (κ1) is 15.6. The quantitative estimate of drug-likeness (QED) is 0.715. The Labute approximate surface area is 122 Å². The Kier molecular flexibility index (Phi) is 5.05. The van der Waals surface area contributed by atoms with Crippen molar-refractivity contribution >= 4 is 10.0 Å². The molecule has 1 aromatic carbocycles. The third kappa shape index (κ3) is 4.10. The molecule has 1 heterocycles. The highest BCUT2D eigenvalue weighted by atomic mass is 32.2. The van der Waals surface area contributed by atoms with Crippen LogP contribution in [-0.4, -0.2) is 25.2 Å². The number of nitrogens with one attached hydrogen (secondary N) is 3. The highest BCUT2D eigenvalue weighted by Crippen LogP contribution is 2.16. The van der Waals surface area contributed by atoms with Gasteiger partial charge in [0.2, 0.25) is 10.0 Å². The molecule has 0 aliphatic carbocycles. The Morgan fingerprint density at radius 1 is 1.29 bits per heavy atom. The van der Waals surface area contributed by atoms with Gasteiger partial charge in [-0.25, -0.2) is 17.5 Å². The van der Waals surface area contributed by atoms with E-state index in [0.29, 0.717) is 17.7 Å². The van der Waals surface area contributed by atoms with Gasteiger partial charge in [-0.2, -0.15) is 5.10 Å². The predicted octanol–water partition coefficient (Wildman–Crippen LogP) is 1.14. The number of aromatic amines is 1. The molecule has 0 amide bonds. The van der Waals surface area contributed by atoms with Crippen molar-refractivity contribution in [3.8, 4) is 0 Å². The first-order valence-electron chi connectivity index (χ1n) is 6.49. The number of benzene rings is 1. The van der Waals surface area contributed by atoms with Crippen molar-refractivity contribution in [3.05, 3.63) is 47.5 Å². The molecule has 8 heteroatoms. The van der Waals surface area contributed by atoms with Gasteiger partial charge in [-0.15, -0.1) is 0 Å². The molecule has 2 aromatic rings. The fourth-order valence-electron chi connectivity index (χ4n) is 1.77. The summed E-state index contributed by atoms with van der Waals surface area (Å²) in [4.78, 5) is -0.355. The second-order valence-electron chi connectivity index (χ2n) is 4.48. The highest BCUT2D eigenvalue weighted by molar-refractivity contribution is 7.89. The topological polar surface area (TPSA) is 86.9 Å². The molecule has 0 spiro atoms. The van der Waals surface area contributed by atoms with Gasteiger partial charge in [0, 0.05) is 24.8 Å². The Bertz CT molecular complexity index is 686. The van der Waals surface area contributed by atoms with Crippen LogP contribution in [0.1, 0.15) is 18.1 Å². The zero-order valence-corrected chi connectivity index (χ0v) is 12.4. The van der Waals surface area contributed by atoms with Crippen LogP contribution in [0.25, 0.3) is 0 Å². The number of sulfonamides is 1. The molecule has 0 aliphatic heterocycles. The lowest BCUT2D eigenvalue weighted by molar-refractivity contribution is 0.555. The average Bonchev–Trinajstić information content (AvgIpc) is 2.96. The Morgan fingerprint density at radius 2 is 2.10 bits per heavy atom. The molecule has 0 saturated heterocycles. The van der Waals surface area contributed by atoms with Gasteiger partial charge in [0.25, 0.3) is 0 Å². The van der Waals surface area contributed by atoms with E-state index in [4.69, 9.17) is 0 Å². The van der Waals surface area contributed by atoms with Crippen LogP contribution in [0.3, 0.4) is 0 Å². The molecule has 1 aromatic heterocycles. The van der Waals surface area contributed by atoms with E-state index < -0.39 is 15.8 Å². The first-order chi connectivity index (χ1) is 10.0. The highest BCUT2D eigenvalue weighted by Gasteiger charge is 2.19. The number of aromatic nitrogens is 2. The van der Waals surface area contributed by atoms with E-state index in [1.165, 1.54) is 18.3 Å². The lowest BCUT2D eigenvalue weighted by Crippen LogP contribution is -2.24. The third-order valence-electron chi connectivity index (χ3n) is 2.89. The molecule has 0 fully saturated rings. The average molecular weight is 312 g/mol. The first-order valence-corrected chi connectivity index (χ1v) is 7.97. The maximum Gasteiger partial charge on any atom is 0.243 e. The van der Waals surface area contributed by atoms with Gasteiger partial charge in [-0.1, -0.05) is 13.0 Å². The van der Waals surface area contributed by atoms with E-state index in [0.717, 1.165) is 6.54 Å². The van der Waals surface area contributed by atoms with Crippen LogP contribution in [0.4, 0.5) is 4.39 Å². The molecule has 0 bridgehead atoms. The van der Waals surface area contributed by atoms with Crippen LogP contribution >= 0.6 is 0 Å². The Morgan fingerprint density at radius 3 is 2.71 bits per heavy atom. The molecule has 114 valence electrons. The van der Waals surface area contributed by atoms with Crippen LogP contribution in [0.15, 0.2) is 35.5 Å². The van der Waals surface area contributed by atoms with Crippen molar-refractivity contribution in [3.63, 3.8) is 0 Å². The van der Waals surface area contributed by atoms with Crippen LogP contribution in [0.5, 0.6) is 0 Å². The minimum Gasteiger partial charge on any atom is -0.313 e. The number of rotatable bonds is 7. The lowest BCUT2D eigenvalue weighted by atomic mass is 10.2. The molecule has 6 nitrogen and oxygen atoms in total. The summed E-state index contributed by atoms with van der Waals surface area (Å²) >= 11 is 0. The third-order valence-corrected chi connectivity index (χ3v) is 4.32. The zero-order valence-electron chi connectivity index (χ0n) is 11.6. The summed E-state index contributed by atoms with van der Waals surface area (Å²) in [5.74, 6) is -0.759. The normalized spacial score (nSPS) is 11.7. The van der Waals surface area contributed by atoms with Crippen molar-refractivity contribution in [2.45, 2.75) is 24.9 Å². The predicted molar refractivity (Wildman–Crippen MR) is 76.4 cm³/mol. The van der Waals surface area contributed by atoms with Crippen molar-refractivity contribution < 1.29 is 12.8 Å². The summed E-state index contributed by atoms with van der Waals surface area (Å²) in [7, 11) is -3.89. The molecule has 3 N–H and O–H groups in total. The fraction of sp³-hybridized carbons (Fsp3) is 0.308. The number of H-pyrrole nitrogens is 1. The van der Waals surface area contributed by atoms with Gasteiger partial charge in [0.05, 0.1) is 6.20 Å². The maximum atomic E-state index is 14.0. The van der Waals surface area contributed by atoms with Gasteiger partial charge in [0.15, 0.2) is 0 Å². The van der Waals surface area contributed by atoms with Crippen molar-refractivity contribution in [2.24, 2.45) is 0 Å². The van der Waals surface area contributed by atoms with Gasteiger partial charge >= 0.3 is 0 Å². The fourth-order valence-corrected chi connectivity index (χ4v) is 2.85. The van der Waals surface area contributed by atoms with Gasteiger partial charge in [0.1, 0.15) is 10.7 Å². The van der Waals surface area contributed by atoms with Crippen LogP contribution in [0, 0.1) is 5.82 Å². The van der Waals surface area contributed by atoms with Gasteiger partial charge in [-0.3, -0.25) is 5.10 Å². The standard InChI is InChI=1S/C13H17FN4O2S/c1-2-15-6-10-3-4-13(12(14)5-10)21(19,20)18-9-11-7-16-17-8-11/h3-5,7-8,15,18H,2,6,9H2,1H3,(H,16,17). The number of halogens is 1. The summed E-state index contributed by atoms with van der Waals surface area (Å²) in [6, 6.07) is 4.10. The Balaban J connectivity index is 2.12. The summed E-state index contributed by atoms with van der Waals surface area (Å²) < 4.78 is 40.5. The van der Waals surface area contributed by atoms with E-state index in [1.807, 2.05) is 6.92 Å². The molecular weight excluding hydrogens is 295 g/mol. The van der Waals surface area contributed by atoms with Crippen molar-refractivity contribution in [2.75, 3.05) is 6.54 Å². The lowest BCUT2D eigenvalue weighted by Gasteiger charge is -2.08. The maximum absolute atomic E-state index is 14.0. The van der Waals surface area contributed by atoms with Gasteiger partial charge < -0.3 is 5.32 Å². The van der Waals surface area contributed by atoms with E-state index >= 15 is 0 Å². The smallest absolute Gasteiger partial charge is 0.243 e. The second-order valence-corrected chi connectivity index (χ2v) is 6.21. The summed E-state index contributed by atoms with van der Waals surface area (Å²) in [5, 5.41) is 9.34. The molecule has 21 heavy (non-hydrogen) atoms. The number of hydrogen-bond acceptors (Lipinski definition) is 4.